The van der Waals surface area contributed by atoms with Crippen LogP contribution in [0, 0.1) is 0 Å². The lowest BCUT2D eigenvalue weighted by molar-refractivity contribution is 0.101. The molecule has 0 bridgehead atoms. The summed E-state index contributed by atoms with van der Waals surface area (Å²) in [7, 11) is 0. The Hall–Kier alpha value is -6.02. The number of amides is 2. The first-order valence-corrected chi connectivity index (χ1v) is 13.0. The second kappa shape index (κ2) is 12.0. The molecule has 2 amide bonds. The van der Waals surface area contributed by atoms with E-state index in [9.17, 15) is 19.2 Å². The summed E-state index contributed by atoms with van der Waals surface area (Å²) in [6.45, 7) is 0. The zero-order chi connectivity index (χ0) is 29.6. The van der Waals surface area contributed by atoms with E-state index in [0.717, 1.165) is 0 Å². The van der Waals surface area contributed by atoms with Crippen molar-refractivity contribution in [2.75, 3.05) is 22.1 Å². The highest BCUT2D eigenvalue weighted by atomic mass is 16.2. The maximum absolute atomic E-state index is 12.7. The minimum atomic E-state index is -0.360. The maximum Gasteiger partial charge on any atom is 0.255 e. The summed E-state index contributed by atoms with van der Waals surface area (Å²) in [6, 6.07) is 32.7. The van der Waals surface area contributed by atoms with Gasteiger partial charge < -0.3 is 22.1 Å². The summed E-state index contributed by atoms with van der Waals surface area (Å²) in [5, 5.41) is 5.58. The molecule has 0 aliphatic heterocycles. The molecule has 0 spiro atoms. The van der Waals surface area contributed by atoms with E-state index in [0.29, 0.717) is 56.1 Å². The van der Waals surface area contributed by atoms with Crippen molar-refractivity contribution in [3.8, 4) is 0 Å². The molecule has 0 heterocycles. The average Bonchev–Trinajstić information content (AvgIpc) is 3.02. The number of carbonyl (C=O) groups is 4. The van der Waals surface area contributed by atoms with Crippen molar-refractivity contribution < 1.29 is 19.2 Å². The molecule has 0 aromatic heterocycles. The molecule has 0 radical (unpaired) electrons. The monoisotopic (exact) mass is 554 g/mol. The summed E-state index contributed by atoms with van der Waals surface area (Å²) in [4.78, 5) is 50.8. The van der Waals surface area contributed by atoms with E-state index in [1.807, 2.05) is 0 Å². The third-order valence-electron chi connectivity index (χ3n) is 6.56. The number of hydrogen-bond acceptors (Lipinski definition) is 6. The van der Waals surface area contributed by atoms with Crippen LogP contribution < -0.4 is 22.1 Å². The van der Waals surface area contributed by atoms with Crippen molar-refractivity contribution in [3.63, 3.8) is 0 Å². The Morgan fingerprint density at radius 3 is 0.881 bits per heavy atom. The molecule has 8 heteroatoms. The predicted octanol–water partition coefficient (Wildman–Crippen LogP) is 5.82. The van der Waals surface area contributed by atoms with Gasteiger partial charge in [0, 0.05) is 56.1 Å². The van der Waals surface area contributed by atoms with Gasteiger partial charge in [-0.1, -0.05) is 0 Å². The predicted molar refractivity (Wildman–Crippen MR) is 164 cm³/mol. The first-order valence-electron chi connectivity index (χ1n) is 13.0. The Labute approximate surface area is 242 Å². The summed E-state index contributed by atoms with van der Waals surface area (Å²) >= 11 is 0. The van der Waals surface area contributed by atoms with Gasteiger partial charge in [-0.15, -0.1) is 0 Å². The Balaban J connectivity index is 1.17. The largest absolute Gasteiger partial charge is 0.399 e. The Morgan fingerprint density at radius 1 is 0.357 bits per heavy atom. The zero-order valence-corrected chi connectivity index (χ0v) is 22.3. The van der Waals surface area contributed by atoms with E-state index >= 15 is 0 Å². The Bertz CT molecular complexity index is 1630. The molecule has 0 fully saturated rings. The lowest BCUT2D eigenvalue weighted by atomic mass is 10.0. The average molecular weight is 555 g/mol. The van der Waals surface area contributed by atoms with Gasteiger partial charge in [-0.25, -0.2) is 0 Å². The van der Waals surface area contributed by atoms with E-state index in [1.54, 1.807) is 121 Å². The maximum atomic E-state index is 12.7. The molecule has 0 aliphatic rings. The molecule has 42 heavy (non-hydrogen) atoms. The van der Waals surface area contributed by atoms with Crippen molar-refractivity contribution in [1.29, 1.82) is 0 Å². The minimum absolute atomic E-state index is 0.149. The van der Waals surface area contributed by atoms with Gasteiger partial charge in [0.05, 0.1) is 0 Å². The number of nitrogens with one attached hydrogen (secondary N) is 2. The number of ketones is 2. The van der Waals surface area contributed by atoms with Crippen LogP contribution in [-0.4, -0.2) is 23.4 Å². The number of hydrogen-bond donors (Lipinski definition) is 4. The molecular weight excluding hydrogens is 528 g/mol. The third kappa shape index (κ3) is 6.40. The number of carbonyl (C=O) groups excluding carboxylic acids is 4. The van der Waals surface area contributed by atoms with Crippen LogP contribution in [0.3, 0.4) is 0 Å². The van der Waals surface area contributed by atoms with Crippen LogP contribution >= 0.6 is 0 Å². The highest BCUT2D eigenvalue weighted by molar-refractivity contribution is 6.11. The third-order valence-corrected chi connectivity index (χ3v) is 6.56. The van der Waals surface area contributed by atoms with Gasteiger partial charge in [-0.2, -0.15) is 0 Å². The second-order valence-electron chi connectivity index (χ2n) is 9.54. The number of nitrogen functional groups attached to an aromatic ring is 2. The molecule has 0 saturated carbocycles. The summed E-state index contributed by atoms with van der Waals surface area (Å²) < 4.78 is 0. The van der Waals surface area contributed by atoms with E-state index in [4.69, 9.17) is 11.5 Å². The van der Waals surface area contributed by atoms with Crippen molar-refractivity contribution >= 4 is 46.1 Å². The quantitative estimate of drug-likeness (QED) is 0.141. The van der Waals surface area contributed by atoms with Crippen LogP contribution in [0.15, 0.2) is 121 Å². The lowest BCUT2D eigenvalue weighted by Crippen LogP contribution is -2.14. The first kappa shape index (κ1) is 27.5. The Morgan fingerprint density at radius 2 is 0.595 bits per heavy atom. The van der Waals surface area contributed by atoms with Gasteiger partial charge >= 0.3 is 0 Å². The van der Waals surface area contributed by atoms with Gasteiger partial charge in [0.2, 0.25) is 0 Å². The van der Waals surface area contributed by atoms with Crippen molar-refractivity contribution in [1.82, 2.24) is 0 Å². The van der Waals surface area contributed by atoms with Crippen LogP contribution in [0.2, 0.25) is 0 Å². The molecule has 0 atom stereocenters. The smallest absolute Gasteiger partial charge is 0.255 e. The van der Waals surface area contributed by atoms with Gasteiger partial charge in [0.15, 0.2) is 11.6 Å². The SMILES string of the molecule is Nc1ccc(C(=O)c2ccc(NC(=O)c3ccc(C(=O)Nc4ccc(C(=O)c5ccc(N)cc5)cc4)cc3)cc2)cc1. The fraction of sp³-hybridized carbons (Fsp3) is 0. The number of anilines is 4. The van der Waals surface area contributed by atoms with Gasteiger partial charge in [-0.05, 0) is 121 Å². The number of rotatable bonds is 8. The van der Waals surface area contributed by atoms with Crippen LogP contribution in [0.4, 0.5) is 22.7 Å². The fourth-order valence-electron chi connectivity index (χ4n) is 4.19. The molecule has 5 rings (SSSR count). The number of nitrogens with two attached hydrogens (primary N) is 2. The van der Waals surface area contributed by atoms with Crippen molar-refractivity contribution in [2.24, 2.45) is 0 Å². The van der Waals surface area contributed by atoms with E-state index in [2.05, 4.69) is 10.6 Å². The first-order chi connectivity index (χ1) is 20.3. The summed E-state index contributed by atoms with van der Waals surface area (Å²) in [5.74, 6) is -1.02. The Kier molecular flexibility index (Phi) is 7.88. The minimum Gasteiger partial charge on any atom is -0.399 e. The molecular formula is C34H26N4O4. The normalized spacial score (nSPS) is 10.5. The lowest BCUT2D eigenvalue weighted by Gasteiger charge is -2.09. The van der Waals surface area contributed by atoms with E-state index in [-0.39, 0.29) is 23.4 Å². The molecule has 0 unspecified atom stereocenters. The van der Waals surface area contributed by atoms with Crippen LogP contribution in [-0.2, 0) is 0 Å². The second-order valence-corrected chi connectivity index (χ2v) is 9.54. The van der Waals surface area contributed by atoms with Crippen LogP contribution in [0.25, 0.3) is 0 Å². The van der Waals surface area contributed by atoms with Gasteiger partial charge in [0.1, 0.15) is 0 Å². The van der Waals surface area contributed by atoms with Crippen LogP contribution in [0.5, 0.6) is 0 Å². The molecule has 5 aromatic carbocycles. The highest BCUT2D eigenvalue weighted by Gasteiger charge is 2.13. The van der Waals surface area contributed by atoms with Crippen molar-refractivity contribution in [3.05, 3.63) is 155 Å². The van der Waals surface area contributed by atoms with E-state index in [1.165, 1.54) is 0 Å². The summed E-state index contributed by atoms with van der Waals surface area (Å²) in [5.41, 5.74) is 16.3. The summed E-state index contributed by atoms with van der Waals surface area (Å²) in [6.07, 6.45) is 0. The molecule has 6 N–H and O–H groups in total. The van der Waals surface area contributed by atoms with Crippen molar-refractivity contribution in [2.45, 2.75) is 0 Å². The number of benzene rings is 5. The van der Waals surface area contributed by atoms with Gasteiger partial charge in [-0.3, -0.25) is 19.2 Å². The van der Waals surface area contributed by atoms with E-state index < -0.39 is 0 Å². The fourth-order valence-corrected chi connectivity index (χ4v) is 4.19. The topological polar surface area (TPSA) is 144 Å². The highest BCUT2D eigenvalue weighted by Crippen LogP contribution is 2.18. The molecule has 206 valence electrons. The standard InChI is InChI=1S/C34H26N4O4/c35-27-13-5-21(6-14-27)31(39)23-9-17-29(18-10-23)37-33(41)25-1-2-26(4-3-25)34(42)38-30-19-11-24(12-20-30)32(40)22-7-15-28(36)16-8-22/h1-20H,35-36H2,(H,37,41)(H,38,42). The molecule has 8 nitrogen and oxygen atoms in total. The zero-order valence-electron chi connectivity index (χ0n) is 22.3. The van der Waals surface area contributed by atoms with Crippen LogP contribution in [0.1, 0.15) is 52.6 Å². The molecule has 5 aromatic rings. The molecule has 0 saturated heterocycles. The molecule has 0 aliphatic carbocycles. The van der Waals surface area contributed by atoms with Gasteiger partial charge in [0.25, 0.3) is 11.8 Å².